The molecular formula is C19H23N5O2. The Morgan fingerprint density at radius 2 is 2.15 bits per heavy atom. The van der Waals surface area contributed by atoms with E-state index >= 15 is 0 Å². The standard InChI is InChI=1S/C19H23N5O2/c1-14(2)18-21-17(22-26-18)8-11-23(3)19(25)16-7-4-6-15(12-16)13-24-10-5-9-20-24/h4-7,9-10,12,14H,8,11,13H2,1-3H3. The molecule has 0 aliphatic heterocycles. The van der Waals surface area contributed by atoms with Crippen LogP contribution in [-0.4, -0.2) is 44.3 Å². The van der Waals surface area contributed by atoms with Gasteiger partial charge in [-0.25, -0.2) is 0 Å². The molecule has 2 heterocycles. The highest BCUT2D eigenvalue weighted by molar-refractivity contribution is 5.94. The highest BCUT2D eigenvalue weighted by Gasteiger charge is 2.15. The summed E-state index contributed by atoms with van der Waals surface area (Å²) in [4.78, 5) is 18.7. The number of benzene rings is 1. The fourth-order valence-corrected chi connectivity index (χ4v) is 2.58. The first-order valence-electron chi connectivity index (χ1n) is 8.67. The van der Waals surface area contributed by atoms with E-state index in [1.54, 1.807) is 18.1 Å². The molecular weight excluding hydrogens is 330 g/mol. The Kier molecular flexibility index (Phi) is 5.46. The fourth-order valence-electron chi connectivity index (χ4n) is 2.58. The molecule has 0 unspecified atom stereocenters. The third-order valence-electron chi connectivity index (χ3n) is 4.07. The van der Waals surface area contributed by atoms with Crippen LogP contribution in [-0.2, 0) is 13.0 Å². The predicted octanol–water partition coefficient (Wildman–Crippen LogP) is 2.75. The van der Waals surface area contributed by atoms with Crippen LogP contribution in [0.2, 0.25) is 0 Å². The Morgan fingerprint density at radius 3 is 2.85 bits per heavy atom. The van der Waals surface area contributed by atoms with Crippen LogP contribution in [0.25, 0.3) is 0 Å². The zero-order chi connectivity index (χ0) is 18.5. The Labute approximate surface area is 152 Å². The van der Waals surface area contributed by atoms with Gasteiger partial charge in [-0.1, -0.05) is 31.1 Å². The number of likely N-dealkylation sites (N-methyl/N-ethyl adjacent to an activating group) is 1. The number of hydrogen-bond acceptors (Lipinski definition) is 5. The molecule has 1 aromatic carbocycles. The Bertz CT molecular complexity index is 854. The topological polar surface area (TPSA) is 77.1 Å². The molecule has 0 spiro atoms. The normalized spacial score (nSPS) is 11.1. The van der Waals surface area contributed by atoms with Gasteiger partial charge in [-0.15, -0.1) is 0 Å². The molecule has 0 radical (unpaired) electrons. The zero-order valence-electron chi connectivity index (χ0n) is 15.3. The van der Waals surface area contributed by atoms with E-state index in [9.17, 15) is 4.79 Å². The van der Waals surface area contributed by atoms with Gasteiger partial charge < -0.3 is 9.42 Å². The summed E-state index contributed by atoms with van der Waals surface area (Å²) in [6.07, 6.45) is 4.20. The van der Waals surface area contributed by atoms with Crippen molar-refractivity contribution in [2.24, 2.45) is 0 Å². The van der Waals surface area contributed by atoms with Crippen molar-refractivity contribution in [3.8, 4) is 0 Å². The number of hydrogen-bond donors (Lipinski definition) is 0. The molecule has 0 aliphatic rings. The molecule has 26 heavy (non-hydrogen) atoms. The zero-order valence-corrected chi connectivity index (χ0v) is 15.3. The highest BCUT2D eigenvalue weighted by atomic mass is 16.5. The van der Waals surface area contributed by atoms with E-state index in [1.807, 2.05) is 55.1 Å². The van der Waals surface area contributed by atoms with E-state index in [0.717, 1.165) is 5.56 Å². The summed E-state index contributed by atoms with van der Waals surface area (Å²) in [6.45, 7) is 5.17. The Hall–Kier alpha value is -2.96. The summed E-state index contributed by atoms with van der Waals surface area (Å²) in [7, 11) is 1.78. The van der Waals surface area contributed by atoms with Crippen molar-refractivity contribution in [3.05, 3.63) is 65.6 Å². The fraction of sp³-hybridized carbons (Fsp3) is 0.368. The minimum Gasteiger partial charge on any atom is -0.341 e. The summed E-state index contributed by atoms with van der Waals surface area (Å²) >= 11 is 0. The summed E-state index contributed by atoms with van der Waals surface area (Å²) in [5, 5.41) is 8.16. The Morgan fingerprint density at radius 1 is 1.31 bits per heavy atom. The van der Waals surface area contributed by atoms with Gasteiger partial charge in [-0.05, 0) is 23.8 Å². The van der Waals surface area contributed by atoms with Crippen molar-refractivity contribution < 1.29 is 9.32 Å². The predicted molar refractivity (Wildman–Crippen MR) is 96.8 cm³/mol. The summed E-state index contributed by atoms with van der Waals surface area (Å²) < 4.78 is 7.03. The molecule has 7 nitrogen and oxygen atoms in total. The number of aromatic nitrogens is 4. The maximum absolute atomic E-state index is 12.7. The van der Waals surface area contributed by atoms with Crippen molar-refractivity contribution in [2.45, 2.75) is 32.7 Å². The molecule has 0 fully saturated rings. The van der Waals surface area contributed by atoms with E-state index in [1.165, 1.54) is 0 Å². The molecule has 136 valence electrons. The number of rotatable bonds is 7. The maximum atomic E-state index is 12.7. The second-order valence-electron chi connectivity index (χ2n) is 6.58. The van der Waals surface area contributed by atoms with Gasteiger partial charge >= 0.3 is 0 Å². The molecule has 0 aliphatic carbocycles. The van der Waals surface area contributed by atoms with Gasteiger partial charge in [-0.3, -0.25) is 9.48 Å². The lowest BCUT2D eigenvalue weighted by molar-refractivity contribution is 0.0795. The van der Waals surface area contributed by atoms with Crippen LogP contribution in [0, 0.1) is 0 Å². The molecule has 2 aromatic heterocycles. The summed E-state index contributed by atoms with van der Waals surface area (Å²) in [5.74, 6) is 1.43. The first-order valence-corrected chi connectivity index (χ1v) is 8.67. The minimum absolute atomic E-state index is 0.0279. The van der Waals surface area contributed by atoms with Crippen molar-refractivity contribution in [1.29, 1.82) is 0 Å². The molecule has 0 atom stereocenters. The number of carbonyl (C=O) groups excluding carboxylic acids is 1. The van der Waals surface area contributed by atoms with Gasteiger partial charge in [0.25, 0.3) is 5.91 Å². The molecule has 1 amide bonds. The molecule has 0 N–H and O–H groups in total. The first-order chi connectivity index (χ1) is 12.5. The van der Waals surface area contributed by atoms with E-state index < -0.39 is 0 Å². The third kappa shape index (κ3) is 4.36. The van der Waals surface area contributed by atoms with Crippen molar-refractivity contribution in [3.63, 3.8) is 0 Å². The second-order valence-corrected chi connectivity index (χ2v) is 6.58. The van der Waals surface area contributed by atoms with Crippen LogP contribution in [0.15, 0.2) is 47.2 Å². The van der Waals surface area contributed by atoms with Crippen LogP contribution in [0.1, 0.15) is 47.4 Å². The highest BCUT2D eigenvalue weighted by Crippen LogP contribution is 2.12. The van der Waals surface area contributed by atoms with Crippen molar-refractivity contribution in [1.82, 2.24) is 24.8 Å². The molecule has 3 aromatic rings. The molecule has 0 saturated heterocycles. The van der Waals surface area contributed by atoms with Crippen LogP contribution < -0.4 is 0 Å². The van der Waals surface area contributed by atoms with Gasteiger partial charge in [-0.2, -0.15) is 10.1 Å². The van der Waals surface area contributed by atoms with Crippen LogP contribution in [0.5, 0.6) is 0 Å². The summed E-state index contributed by atoms with van der Waals surface area (Å²) in [6, 6.07) is 9.51. The van der Waals surface area contributed by atoms with Crippen LogP contribution >= 0.6 is 0 Å². The average Bonchev–Trinajstić information content (AvgIpc) is 3.31. The van der Waals surface area contributed by atoms with Crippen LogP contribution in [0.4, 0.5) is 0 Å². The van der Waals surface area contributed by atoms with E-state index in [4.69, 9.17) is 4.52 Å². The first kappa shape index (κ1) is 17.8. The molecule has 0 bridgehead atoms. The summed E-state index contributed by atoms with van der Waals surface area (Å²) in [5.41, 5.74) is 1.70. The monoisotopic (exact) mass is 353 g/mol. The van der Waals surface area contributed by atoms with E-state index in [-0.39, 0.29) is 11.8 Å². The lowest BCUT2D eigenvalue weighted by Crippen LogP contribution is -2.29. The van der Waals surface area contributed by atoms with Crippen molar-refractivity contribution in [2.75, 3.05) is 13.6 Å². The van der Waals surface area contributed by atoms with Crippen LogP contribution in [0.3, 0.4) is 0 Å². The van der Waals surface area contributed by atoms with Gasteiger partial charge in [0.15, 0.2) is 5.82 Å². The van der Waals surface area contributed by atoms with E-state index in [0.29, 0.717) is 36.8 Å². The third-order valence-corrected chi connectivity index (χ3v) is 4.07. The second kappa shape index (κ2) is 7.95. The van der Waals surface area contributed by atoms with Gasteiger partial charge in [0.2, 0.25) is 5.89 Å². The largest absolute Gasteiger partial charge is 0.341 e. The smallest absolute Gasteiger partial charge is 0.253 e. The van der Waals surface area contributed by atoms with Gasteiger partial charge in [0.1, 0.15) is 0 Å². The minimum atomic E-state index is -0.0279. The number of nitrogens with zero attached hydrogens (tertiary/aromatic N) is 5. The number of carbonyl (C=O) groups is 1. The molecule has 3 rings (SSSR count). The Balaban J connectivity index is 1.60. The number of amides is 1. The lowest BCUT2D eigenvalue weighted by Gasteiger charge is -2.16. The lowest BCUT2D eigenvalue weighted by atomic mass is 10.1. The SMILES string of the molecule is CC(C)c1nc(CCN(C)C(=O)c2cccc(Cn3cccn3)c2)no1. The maximum Gasteiger partial charge on any atom is 0.253 e. The molecule has 0 saturated carbocycles. The van der Waals surface area contributed by atoms with E-state index in [2.05, 4.69) is 15.2 Å². The van der Waals surface area contributed by atoms with Gasteiger partial charge in [0, 0.05) is 43.9 Å². The van der Waals surface area contributed by atoms with Gasteiger partial charge in [0.05, 0.1) is 6.54 Å². The quantitative estimate of drug-likeness (QED) is 0.653. The van der Waals surface area contributed by atoms with Crippen molar-refractivity contribution >= 4 is 5.91 Å². The average molecular weight is 353 g/mol. The molecule has 7 heteroatoms.